The molecule has 0 saturated carbocycles. The van der Waals surface area contributed by atoms with Crippen LogP contribution >= 0.6 is 0 Å². The van der Waals surface area contributed by atoms with Crippen molar-refractivity contribution in [2.75, 3.05) is 0 Å². The molecule has 0 aliphatic heterocycles. The molecule has 0 aromatic carbocycles. The lowest BCUT2D eigenvalue weighted by Gasteiger charge is -2.14. The van der Waals surface area contributed by atoms with E-state index in [1.165, 1.54) is 0 Å². The third kappa shape index (κ3) is 2.61. The lowest BCUT2D eigenvalue weighted by atomic mass is 9.90. The Morgan fingerprint density at radius 3 is 2.06 bits per heavy atom. The third-order valence-corrected chi connectivity index (χ3v) is 3.57. The van der Waals surface area contributed by atoms with Gasteiger partial charge in [-0.1, -0.05) is 12.2 Å². The molecule has 0 fully saturated rings. The van der Waals surface area contributed by atoms with E-state index in [9.17, 15) is 14.7 Å². The van der Waals surface area contributed by atoms with Gasteiger partial charge >= 0.3 is 5.97 Å². The van der Waals surface area contributed by atoms with Crippen LogP contribution in [-0.4, -0.2) is 17.4 Å². The summed E-state index contributed by atoms with van der Waals surface area (Å²) in [6, 6.07) is 0. The van der Waals surface area contributed by atoms with E-state index in [4.69, 9.17) is 0 Å². The zero-order valence-corrected chi connectivity index (χ0v) is 10.4. The zero-order valence-electron chi connectivity index (χ0n) is 10.4. The van der Waals surface area contributed by atoms with Gasteiger partial charge < -0.3 is 9.90 Å². The predicted molar refractivity (Wildman–Crippen MR) is 69.2 cm³/mol. The van der Waals surface area contributed by atoms with Gasteiger partial charge in [0.1, 0.15) is 6.29 Å². The second-order valence-corrected chi connectivity index (χ2v) is 4.77. The summed E-state index contributed by atoms with van der Waals surface area (Å²) >= 11 is 0. The first-order chi connectivity index (χ1) is 8.74. The van der Waals surface area contributed by atoms with E-state index >= 15 is 0 Å². The highest BCUT2D eigenvalue weighted by Crippen LogP contribution is 2.37. The van der Waals surface area contributed by atoms with Crippen molar-refractivity contribution in [1.29, 1.82) is 0 Å². The highest BCUT2D eigenvalue weighted by atomic mass is 16.4. The predicted octanol–water partition coefficient (Wildman–Crippen LogP) is 3.18. The number of carboxylic acids is 1. The molecule has 3 nitrogen and oxygen atoms in total. The van der Waals surface area contributed by atoms with Crippen LogP contribution in [0, 0.1) is 0 Å². The molecule has 1 N–H and O–H groups in total. The third-order valence-electron chi connectivity index (χ3n) is 3.57. The van der Waals surface area contributed by atoms with Gasteiger partial charge in [0.15, 0.2) is 0 Å². The van der Waals surface area contributed by atoms with Gasteiger partial charge in [0.25, 0.3) is 0 Å². The van der Waals surface area contributed by atoms with Crippen LogP contribution < -0.4 is 0 Å². The molecular weight excluding hydrogens is 228 g/mol. The first-order valence-corrected chi connectivity index (χ1v) is 6.53. The van der Waals surface area contributed by atoms with Gasteiger partial charge in [-0.05, 0) is 55.2 Å². The van der Waals surface area contributed by atoms with Crippen LogP contribution in [0.25, 0.3) is 0 Å². The minimum absolute atomic E-state index is 0.000648. The minimum atomic E-state index is -0.960. The number of carbonyl (C=O) groups is 2. The van der Waals surface area contributed by atoms with Crippen molar-refractivity contribution < 1.29 is 14.7 Å². The number of aliphatic carboxylic acids is 1. The topological polar surface area (TPSA) is 54.4 Å². The van der Waals surface area contributed by atoms with E-state index in [2.05, 4.69) is 12.2 Å². The maximum atomic E-state index is 11.4. The molecule has 2 aliphatic rings. The first-order valence-electron chi connectivity index (χ1n) is 6.53. The van der Waals surface area contributed by atoms with Crippen LogP contribution in [0.15, 0.2) is 34.4 Å². The van der Waals surface area contributed by atoms with E-state index in [1.54, 1.807) is 0 Å². The molecule has 0 heterocycles. The summed E-state index contributed by atoms with van der Waals surface area (Å²) in [6.07, 6.45) is 11.0. The number of hydrogen-bond donors (Lipinski definition) is 1. The number of hydrogen-bond acceptors (Lipinski definition) is 2. The molecule has 2 rings (SSSR count). The fourth-order valence-corrected chi connectivity index (χ4v) is 2.77. The first kappa shape index (κ1) is 12.8. The van der Waals surface area contributed by atoms with Gasteiger partial charge in [0.05, 0.1) is 5.57 Å². The van der Waals surface area contributed by atoms with E-state index in [-0.39, 0.29) is 12.0 Å². The van der Waals surface area contributed by atoms with Crippen LogP contribution in [0.3, 0.4) is 0 Å². The molecule has 18 heavy (non-hydrogen) atoms. The Bertz CT molecular complexity index is 426. The van der Waals surface area contributed by atoms with Crippen molar-refractivity contribution in [2.45, 2.75) is 44.9 Å². The lowest BCUT2D eigenvalue weighted by Crippen LogP contribution is -2.08. The summed E-state index contributed by atoms with van der Waals surface area (Å²) < 4.78 is 0. The van der Waals surface area contributed by atoms with Gasteiger partial charge in [-0.25, -0.2) is 4.79 Å². The number of carboxylic acid groups (broad SMARTS) is 1. The quantitative estimate of drug-likeness (QED) is 0.598. The summed E-state index contributed by atoms with van der Waals surface area (Å²) in [5.74, 6) is -0.960. The van der Waals surface area contributed by atoms with Crippen molar-refractivity contribution in [2.24, 2.45) is 0 Å². The Hall–Kier alpha value is -1.64. The van der Waals surface area contributed by atoms with Crippen LogP contribution in [0.1, 0.15) is 44.9 Å². The van der Waals surface area contributed by atoms with Gasteiger partial charge in [-0.3, -0.25) is 0 Å². The maximum Gasteiger partial charge on any atom is 0.332 e. The maximum absolute atomic E-state index is 11.4. The summed E-state index contributed by atoms with van der Waals surface area (Å²) in [4.78, 5) is 22.1. The summed E-state index contributed by atoms with van der Waals surface area (Å²) in [6.45, 7) is 0. The Kier molecular flexibility index (Phi) is 4.13. The molecule has 2 aliphatic carbocycles. The molecule has 0 amide bonds. The molecule has 0 saturated heterocycles. The van der Waals surface area contributed by atoms with Gasteiger partial charge in [0, 0.05) is 6.42 Å². The summed E-state index contributed by atoms with van der Waals surface area (Å²) in [5, 5.41) is 9.32. The highest BCUT2D eigenvalue weighted by Gasteiger charge is 2.23. The number of allylic oxidation sites excluding steroid dienone is 5. The second kappa shape index (κ2) is 5.80. The van der Waals surface area contributed by atoms with Gasteiger partial charge in [-0.2, -0.15) is 0 Å². The van der Waals surface area contributed by atoms with Crippen LogP contribution in [0.2, 0.25) is 0 Å². The van der Waals surface area contributed by atoms with E-state index in [1.807, 2.05) is 0 Å². The van der Waals surface area contributed by atoms with Crippen molar-refractivity contribution in [1.82, 2.24) is 0 Å². The van der Waals surface area contributed by atoms with E-state index in [0.717, 1.165) is 55.2 Å². The van der Waals surface area contributed by atoms with Crippen LogP contribution in [0.5, 0.6) is 0 Å². The van der Waals surface area contributed by atoms with Crippen molar-refractivity contribution in [3.63, 3.8) is 0 Å². The second-order valence-electron chi connectivity index (χ2n) is 4.77. The Labute approximate surface area is 107 Å². The SMILES string of the molecule is O=CCC(C(=O)O)=C(C1=CCCC1)C1=CCCC1. The van der Waals surface area contributed by atoms with E-state index < -0.39 is 5.97 Å². The molecule has 0 bridgehead atoms. The van der Waals surface area contributed by atoms with Crippen molar-refractivity contribution in [3.8, 4) is 0 Å². The van der Waals surface area contributed by atoms with Crippen molar-refractivity contribution >= 4 is 12.3 Å². The smallest absolute Gasteiger partial charge is 0.332 e. The number of rotatable bonds is 5. The monoisotopic (exact) mass is 246 g/mol. The van der Waals surface area contributed by atoms with E-state index in [0.29, 0.717) is 6.29 Å². The van der Waals surface area contributed by atoms with Gasteiger partial charge in [-0.15, -0.1) is 0 Å². The Balaban J connectivity index is 2.47. The minimum Gasteiger partial charge on any atom is -0.478 e. The average molecular weight is 246 g/mol. The molecule has 96 valence electrons. The van der Waals surface area contributed by atoms with Crippen molar-refractivity contribution in [3.05, 3.63) is 34.4 Å². The van der Waals surface area contributed by atoms with Crippen LogP contribution in [0.4, 0.5) is 0 Å². The molecule has 0 aromatic heterocycles. The fourth-order valence-electron chi connectivity index (χ4n) is 2.77. The standard InChI is InChI=1S/C15H18O3/c16-10-9-13(15(17)18)14(11-5-1-2-6-11)12-7-3-4-8-12/h5,7,10H,1-4,6,8-9H2,(H,17,18). The average Bonchev–Trinajstić information content (AvgIpc) is 3.01. The largest absolute Gasteiger partial charge is 0.478 e. The summed E-state index contributed by atoms with van der Waals surface area (Å²) in [7, 11) is 0. The van der Waals surface area contributed by atoms with Gasteiger partial charge in [0.2, 0.25) is 0 Å². The highest BCUT2D eigenvalue weighted by molar-refractivity contribution is 5.93. The number of carbonyl (C=O) groups excluding carboxylic acids is 1. The lowest BCUT2D eigenvalue weighted by molar-refractivity contribution is -0.133. The zero-order chi connectivity index (χ0) is 13.0. The van der Waals surface area contributed by atoms with Crippen LogP contribution in [-0.2, 0) is 9.59 Å². The normalized spacial score (nSPS) is 18.2. The molecular formula is C15H18O3. The molecule has 0 spiro atoms. The Morgan fingerprint density at radius 2 is 1.72 bits per heavy atom. The summed E-state index contributed by atoms with van der Waals surface area (Å²) in [5.41, 5.74) is 3.38. The molecule has 0 unspecified atom stereocenters. The number of aldehydes is 1. The Morgan fingerprint density at radius 1 is 1.17 bits per heavy atom. The molecule has 0 radical (unpaired) electrons. The fraction of sp³-hybridized carbons (Fsp3) is 0.467. The molecule has 0 aromatic rings. The molecule has 0 atom stereocenters. The molecule has 3 heteroatoms.